The Bertz CT molecular complexity index is 1380. The number of rotatable bonds is 6. The Morgan fingerprint density at radius 3 is 2.70 bits per heavy atom. The highest BCUT2D eigenvalue weighted by Crippen LogP contribution is 2.19. The summed E-state index contributed by atoms with van der Waals surface area (Å²) < 4.78 is 1.27. The maximum atomic E-state index is 12.5. The van der Waals surface area contributed by atoms with Crippen LogP contribution in [0.2, 0.25) is 0 Å². The molecule has 2 aromatic heterocycles. The minimum absolute atomic E-state index is 0.0423. The molecule has 0 unspecified atom stereocenters. The van der Waals surface area contributed by atoms with E-state index in [-0.39, 0.29) is 35.0 Å². The number of nitrogen functional groups attached to an aromatic ring is 1. The SMILES string of the molecule is Nc1c(Nc2cccc(CNC(=O)c3cc(C(=O)O)n4cncc4n3)c2)c(=O)c1=O. The molecule has 0 saturated carbocycles. The summed E-state index contributed by atoms with van der Waals surface area (Å²) in [5, 5.41) is 14.8. The number of nitrogens with two attached hydrogens (primary N) is 1. The van der Waals surface area contributed by atoms with Crippen LogP contribution in [-0.4, -0.2) is 31.4 Å². The number of benzene rings is 1. The second-order valence-electron chi connectivity index (χ2n) is 6.41. The number of aromatic carboxylic acids is 1. The van der Waals surface area contributed by atoms with Crippen molar-refractivity contribution in [2.75, 3.05) is 11.1 Å². The lowest BCUT2D eigenvalue weighted by Gasteiger charge is -2.12. The Balaban J connectivity index is 1.49. The number of carbonyl (C=O) groups is 2. The summed E-state index contributed by atoms with van der Waals surface area (Å²) in [6.45, 7) is 0.115. The fourth-order valence-corrected chi connectivity index (χ4v) is 2.90. The predicted octanol–water partition coefficient (Wildman–Crippen LogP) is 0.279. The van der Waals surface area contributed by atoms with E-state index in [0.29, 0.717) is 11.3 Å². The number of fused-ring (bicyclic) bond motifs is 1. The summed E-state index contributed by atoms with van der Waals surface area (Å²) in [5.41, 5.74) is 5.27. The van der Waals surface area contributed by atoms with Crippen LogP contribution in [0.25, 0.3) is 5.65 Å². The molecule has 150 valence electrons. The lowest BCUT2D eigenvalue weighted by molar-refractivity contribution is 0.0688. The van der Waals surface area contributed by atoms with Crippen molar-refractivity contribution >= 4 is 34.6 Å². The van der Waals surface area contributed by atoms with E-state index in [1.54, 1.807) is 24.3 Å². The van der Waals surface area contributed by atoms with E-state index in [4.69, 9.17) is 5.73 Å². The van der Waals surface area contributed by atoms with Gasteiger partial charge in [0.2, 0.25) is 0 Å². The first-order valence-corrected chi connectivity index (χ1v) is 8.64. The van der Waals surface area contributed by atoms with Crippen molar-refractivity contribution in [2.24, 2.45) is 0 Å². The number of carboxylic acids is 1. The summed E-state index contributed by atoms with van der Waals surface area (Å²) >= 11 is 0. The van der Waals surface area contributed by atoms with E-state index < -0.39 is 22.7 Å². The molecule has 4 rings (SSSR count). The first kappa shape index (κ1) is 18.8. The van der Waals surface area contributed by atoms with Gasteiger partial charge < -0.3 is 21.5 Å². The average Bonchev–Trinajstić information content (AvgIpc) is 3.23. The number of hydrogen-bond acceptors (Lipinski definition) is 8. The summed E-state index contributed by atoms with van der Waals surface area (Å²) in [4.78, 5) is 54.6. The summed E-state index contributed by atoms with van der Waals surface area (Å²) in [6, 6.07) is 7.96. The van der Waals surface area contributed by atoms with Crippen molar-refractivity contribution in [2.45, 2.75) is 6.54 Å². The molecule has 0 aliphatic carbocycles. The molecule has 4 aromatic rings. The van der Waals surface area contributed by atoms with Crippen molar-refractivity contribution in [3.63, 3.8) is 0 Å². The number of nitrogens with one attached hydrogen (secondary N) is 2. The van der Waals surface area contributed by atoms with Crippen molar-refractivity contribution in [1.82, 2.24) is 19.7 Å². The Morgan fingerprint density at radius 2 is 1.97 bits per heavy atom. The van der Waals surface area contributed by atoms with Gasteiger partial charge >= 0.3 is 5.97 Å². The molecule has 0 bridgehead atoms. The molecule has 2 heterocycles. The zero-order valence-electron chi connectivity index (χ0n) is 15.2. The van der Waals surface area contributed by atoms with Crippen molar-refractivity contribution in [3.05, 3.63) is 80.3 Å². The van der Waals surface area contributed by atoms with Crippen molar-refractivity contribution in [1.29, 1.82) is 0 Å². The first-order valence-electron chi connectivity index (χ1n) is 8.64. The molecule has 11 nitrogen and oxygen atoms in total. The summed E-state index contributed by atoms with van der Waals surface area (Å²) in [7, 11) is 0. The number of anilines is 3. The van der Waals surface area contributed by atoms with Gasteiger partial charge in [0.15, 0.2) is 5.65 Å². The largest absolute Gasteiger partial charge is 0.477 e. The van der Waals surface area contributed by atoms with E-state index >= 15 is 0 Å². The Labute approximate surface area is 167 Å². The third-order valence-corrected chi connectivity index (χ3v) is 4.44. The highest BCUT2D eigenvalue weighted by atomic mass is 16.4. The normalized spacial score (nSPS) is 10.9. The number of amides is 1. The second-order valence-corrected chi connectivity index (χ2v) is 6.41. The fourth-order valence-electron chi connectivity index (χ4n) is 2.90. The van der Waals surface area contributed by atoms with Gasteiger partial charge in [-0.05, 0) is 17.7 Å². The second kappa shape index (κ2) is 7.13. The van der Waals surface area contributed by atoms with Crippen LogP contribution in [0.1, 0.15) is 26.5 Å². The van der Waals surface area contributed by atoms with Crippen LogP contribution in [0, 0.1) is 0 Å². The smallest absolute Gasteiger partial charge is 0.353 e. The third kappa shape index (κ3) is 3.24. The van der Waals surface area contributed by atoms with Gasteiger partial charge in [-0.25, -0.2) is 14.8 Å². The predicted molar refractivity (Wildman–Crippen MR) is 107 cm³/mol. The molecule has 0 saturated heterocycles. The van der Waals surface area contributed by atoms with Crippen LogP contribution in [-0.2, 0) is 6.54 Å². The number of aromatic nitrogens is 3. The van der Waals surface area contributed by atoms with Crippen molar-refractivity contribution in [3.8, 4) is 0 Å². The molecule has 0 radical (unpaired) electrons. The minimum Gasteiger partial charge on any atom is -0.477 e. The lowest BCUT2D eigenvalue weighted by Crippen LogP contribution is -2.36. The van der Waals surface area contributed by atoms with E-state index in [9.17, 15) is 24.3 Å². The van der Waals surface area contributed by atoms with Crippen LogP contribution in [0.15, 0.2) is 52.4 Å². The van der Waals surface area contributed by atoms with Gasteiger partial charge in [0.1, 0.15) is 29.1 Å². The Hall–Kier alpha value is -4.54. The molecule has 5 N–H and O–H groups in total. The summed E-state index contributed by atoms with van der Waals surface area (Å²) in [5.74, 6) is -1.78. The minimum atomic E-state index is -1.22. The number of imidazole rings is 1. The number of nitrogens with zero attached hydrogens (tertiary/aromatic N) is 3. The Kier molecular flexibility index (Phi) is 4.47. The highest BCUT2D eigenvalue weighted by molar-refractivity contribution is 5.96. The lowest BCUT2D eigenvalue weighted by atomic mass is 10.1. The highest BCUT2D eigenvalue weighted by Gasteiger charge is 2.18. The molecule has 2 aromatic carbocycles. The average molecular weight is 406 g/mol. The van der Waals surface area contributed by atoms with Crippen LogP contribution < -0.4 is 27.2 Å². The molecule has 30 heavy (non-hydrogen) atoms. The zero-order valence-corrected chi connectivity index (χ0v) is 15.2. The molecule has 0 spiro atoms. The number of carbonyl (C=O) groups excluding carboxylic acids is 1. The van der Waals surface area contributed by atoms with E-state index in [2.05, 4.69) is 20.6 Å². The van der Waals surface area contributed by atoms with Gasteiger partial charge in [-0.15, -0.1) is 0 Å². The zero-order chi connectivity index (χ0) is 21.4. The molecule has 0 aliphatic heterocycles. The molecule has 0 atom stereocenters. The number of carboxylic acid groups (broad SMARTS) is 1. The quantitative estimate of drug-likeness (QED) is 0.329. The molecular weight excluding hydrogens is 392 g/mol. The van der Waals surface area contributed by atoms with Gasteiger partial charge in [-0.3, -0.25) is 18.8 Å². The van der Waals surface area contributed by atoms with Gasteiger partial charge in [0.05, 0.1) is 6.20 Å². The maximum absolute atomic E-state index is 12.5. The molecule has 11 heteroatoms. The van der Waals surface area contributed by atoms with Gasteiger partial charge in [0.25, 0.3) is 16.8 Å². The Morgan fingerprint density at radius 1 is 1.17 bits per heavy atom. The van der Waals surface area contributed by atoms with Crippen molar-refractivity contribution < 1.29 is 14.7 Å². The molecule has 0 fully saturated rings. The maximum Gasteiger partial charge on any atom is 0.353 e. The first-order chi connectivity index (χ1) is 14.3. The molecule has 0 aliphatic rings. The summed E-state index contributed by atoms with van der Waals surface area (Å²) in [6.07, 6.45) is 2.65. The van der Waals surface area contributed by atoms with E-state index in [0.717, 1.165) is 0 Å². The number of hydrogen-bond donors (Lipinski definition) is 4. The van der Waals surface area contributed by atoms with Crippen LogP contribution in [0.3, 0.4) is 0 Å². The van der Waals surface area contributed by atoms with E-state index in [1.807, 2.05) is 0 Å². The standard InChI is InChI=1S/C19H14N6O5/c20-14-15(17(27)16(14)26)23-10-3-1-2-9(4-10)6-22-18(28)11-5-12(19(29)30)25-8-21-7-13(25)24-11/h1-5,7-8,23H,6,20H2,(H,22,28)(H,29,30). The molecular formula is C19H14N6O5. The molecule has 1 amide bonds. The monoisotopic (exact) mass is 406 g/mol. The fraction of sp³-hybridized carbons (Fsp3) is 0.0526. The van der Waals surface area contributed by atoms with Crippen LogP contribution >= 0.6 is 0 Å². The topological polar surface area (TPSA) is 169 Å². The van der Waals surface area contributed by atoms with Crippen LogP contribution in [0.5, 0.6) is 0 Å². The van der Waals surface area contributed by atoms with Crippen LogP contribution in [0.4, 0.5) is 17.1 Å². The van der Waals surface area contributed by atoms with E-state index in [1.165, 1.54) is 23.0 Å². The van der Waals surface area contributed by atoms with Gasteiger partial charge in [-0.1, -0.05) is 12.1 Å². The third-order valence-electron chi connectivity index (χ3n) is 4.44. The van der Waals surface area contributed by atoms with Gasteiger partial charge in [0, 0.05) is 18.3 Å². The van der Waals surface area contributed by atoms with Gasteiger partial charge in [-0.2, -0.15) is 0 Å².